The molecule has 0 radical (unpaired) electrons. The van der Waals surface area contributed by atoms with E-state index < -0.39 is 30.3 Å². The first kappa shape index (κ1) is 4.74. The molecule has 1 heterocycles. The van der Waals surface area contributed by atoms with Gasteiger partial charge in [0, 0.05) is 0 Å². The van der Waals surface area contributed by atoms with Gasteiger partial charge in [0.15, 0.2) is 0 Å². The van der Waals surface area contributed by atoms with Crippen molar-refractivity contribution in [1.82, 2.24) is 0 Å². The van der Waals surface area contributed by atoms with Gasteiger partial charge < -0.3 is 0 Å². The molecule has 0 unspecified atom stereocenters. The van der Waals surface area contributed by atoms with Crippen molar-refractivity contribution in [2.75, 3.05) is 0 Å². The van der Waals surface area contributed by atoms with Gasteiger partial charge in [-0.3, -0.25) is 0 Å². The van der Waals surface area contributed by atoms with Crippen LogP contribution in [0.15, 0.2) is 0 Å². The molecule has 4 nitrogen and oxygen atoms in total. The van der Waals surface area contributed by atoms with Gasteiger partial charge in [-0.15, -0.1) is 0 Å². The van der Waals surface area contributed by atoms with Gasteiger partial charge in [-0.05, 0) is 0 Å². The molecule has 0 aromatic rings. The van der Waals surface area contributed by atoms with Crippen molar-refractivity contribution in [3.05, 3.63) is 0 Å². The zero-order valence-corrected chi connectivity index (χ0v) is 4.92. The summed E-state index contributed by atoms with van der Waals surface area (Å²) in [6.45, 7) is 0. The third-order valence-electron chi connectivity index (χ3n) is 0.272. The summed E-state index contributed by atoms with van der Waals surface area (Å²) in [5.74, 6) is 0. The molecule has 1 saturated heterocycles. The molecule has 0 aromatic heterocycles. The molecule has 0 bridgehead atoms. The standard InChI is InChI=1S/H2O4S.Ti/c1-5(2,3)4;/h(H2,1,2,3,4);/q;+2/p-2. The Morgan fingerprint density at radius 2 is 1.67 bits per heavy atom. The van der Waals surface area contributed by atoms with Gasteiger partial charge in [0.1, 0.15) is 0 Å². The Bertz CT molecular complexity index is 122. The predicted molar refractivity (Wildman–Crippen MR) is 11.1 cm³/mol. The van der Waals surface area contributed by atoms with Crippen LogP contribution in [0.25, 0.3) is 0 Å². The Hall–Kier alpha value is 0.584. The second kappa shape index (κ2) is 1.28. The Kier molecular flexibility index (Phi) is 1.01. The molecule has 1 rings (SSSR count). The minimum absolute atomic E-state index is 0.991. The van der Waals surface area contributed by atoms with E-state index in [0.29, 0.717) is 0 Å². The molecular formula is O4STi. The zero-order chi connectivity index (χ0) is 4.62. The van der Waals surface area contributed by atoms with Crippen molar-refractivity contribution in [1.29, 1.82) is 0 Å². The summed E-state index contributed by atoms with van der Waals surface area (Å²) in [7, 11) is -3.43. The van der Waals surface area contributed by atoms with Crippen LogP contribution in [0, 0.1) is 0 Å². The maximum absolute atomic E-state index is 9.67. The molecule has 0 spiro atoms. The van der Waals surface area contributed by atoms with E-state index in [1.54, 1.807) is 0 Å². The Morgan fingerprint density at radius 1 is 1.33 bits per heavy atom. The zero-order valence-electron chi connectivity index (χ0n) is 2.54. The molecule has 1 aliphatic heterocycles. The van der Waals surface area contributed by atoms with Crippen LogP contribution in [0.1, 0.15) is 0 Å². The van der Waals surface area contributed by atoms with Crippen LogP contribution in [0.2, 0.25) is 0 Å². The molecule has 0 aromatic carbocycles. The maximum atomic E-state index is 9.67. The minimum atomic E-state index is -3.43. The molecule has 0 atom stereocenters. The summed E-state index contributed by atoms with van der Waals surface area (Å²) >= 11 is -0.991. The van der Waals surface area contributed by atoms with E-state index in [1.807, 2.05) is 0 Å². The second-order valence-corrected chi connectivity index (χ2v) is 3.63. The molecule has 34 valence electrons. The number of rotatable bonds is 0. The third-order valence-corrected chi connectivity index (χ3v) is 3.37. The van der Waals surface area contributed by atoms with Crippen molar-refractivity contribution >= 4 is 10.4 Å². The second-order valence-electron chi connectivity index (χ2n) is 0.658. The Balaban J connectivity index is 2.78. The topological polar surface area (TPSA) is 52.6 Å². The van der Waals surface area contributed by atoms with E-state index in [0.717, 1.165) is 0 Å². The van der Waals surface area contributed by atoms with E-state index in [1.165, 1.54) is 0 Å². The number of hydrogen-bond acceptors (Lipinski definition) is 4. The summed E-state index contributed by atoms with van der Waals surface area (Å²) < 4.78 is 27.3. The van der Waals surface area contributed by atoms with Crippen molar-refractivity contribution in [3.8, 4) is 0 Å². The predicted octanol–water partition coefficient (Wildman–Crippen LogP) is -0.809. The SMILES string of the molecule is O=S1(=O)[O][Ti][O]1. The van der Waals surface area contributed by atoms with Crippen molar-refractivity contribution in [3.63, 3.8) is 0 Å². The molecule has 0 N–H and O–H groups in total. The fraction of sp³-hybridized carbons (Fsp3) is 0. The first-order chi connectivity index (χ1) is 2.71. The quantitative estimate of drug-likeness (QED) is 0.417. The van der Waals surface area contributed by atoms with Gasteiger partial charge in [0.25, 0.3) is 0 Å². The molecule has 6 heavy (non-hydrogen) atoms. The molecule has 1 aliphatic rings. The van der Waals surface area contributed by atoms with E-state index in [2.05, 4.69) is 5.53 Å². The number of hydrogen-bond donors (Lipinski definition) is 0. The van der Waals surface area contributed by atoms with Crippen LogP contribution in [0.3, 0.4) is 0 Å². The Labute approximate surface area is 44.6 Å². The third kappa shape index (κ3) is 0.799. The van der Waals surface area contributed by atoms with Crippen molar-refractivity contribution in [2.45, 2.75) is 0 Å². The van der Waals surface area contributed by atoms with Crippen molar-refractivity contribution in [2.24, 2.45) is 0 Å². The van der Waals surface area contributed by atoms with Gasteiger partial charge in [-0.1, -0.05) is 0 Å². The van der Waals surface area contributed by atoms with Gasteiger partial charge in [-0.2, -0.15) is 0 Å². The van der Waals surface area contributed by atoms with Crippen LogP contribution in [-0.4, -0.2) is 8.42 Å². The van der Waals surface area contributed by atoms with Crippen LogP contribution >= 0.6 is 0 Å². The first-order valence-electron chi connectivity index (χ1n) is 1.07. The monoisotopic (exact) mass is 144 g/mol. The van der Waals surface area contributed by atoms with E-state index in [4.69, 9.17) is 0 Å². The summed E-state index contributed by atoms with van der Waals surface area (Å²) in [5.41, 5.74) is 0. The summed E-state index contributed by atoms with van der Waals surface area (Å²) in [6.07, 6.45) is 0. The van der Waals surface area contributed by atoms with Gasteiger partial charge in [-0.25, -0.2) is 0 Å². The van der Waals surface area contributed by atoms with Gasteiger partial charge >= 0.3 is 44.3 Å². The summed E-state index contributed by atoms with van der Waals surface area (Å²) in [4.78, 5) is 0. The van der Waals surface area contributed by atoms with E-state index >= 15 is 0 Å². The van der Waals surface area contributed by atoms with Gasteiger partial charge in [0.05, 0.1) is 0 Å². The molecular weight excluding hydrogens is 144 g/mol. The van der Waals surface area contributed by atoms with E-state index in [9.17, 15) is 8.42 Å². The molecule has 1 fully saturated rings. The molecule has 6 heteroatoms. The van der Waals surface area contributed by atoms with Crippen LogP contribution in [-0.2, 0) is 35.9 Å². The first-order valence-corrected chi connectivity index (χ1v) is 3.68. The molecule has 0 saturated carbocycles. The summed E-state index contributed by atoms with van der Waals surface area (Å²) in [6, 6.07) is 0. The van der Waals surface area contributed by atoms with Crippen LogP contribution in [0.4, 0.5) is 0 Å². The van der Waals surface area contributed by atoms with E-state index in [-0.39, 0.29) is 0 Å². The average Bonchev–Trinajstić information content (AvgIpc) is 1.32. The Morgan fingerprint density at radius 3 is 1.67 bits per heavy atom. The fourth-order valence-electron chi connectivity index (χ4n) is 0.0896. The fourth-order valence-corrected chi connectivity index (χ4v) is 1.11. The summed E-state index contributed by atoms with van der Waals surface area (Å²) in [5, 5.41) is 0. The normalized spacial score (nSPS) is 27.3. The molecule has 0 aliphatic carbocycles. The van der Waals surface area contributed by atoms with Crippen molar-refractivity contribution < 1.29 is 33.9 Å². The van der Waals surface area contributed by atoms with Crippen LogP contribution < -0.4 is 0 Å². The van der Waals surface area contributed by atoms with Gasteiger partial charge in [0.2, 0.25) is 0 Å². The van der Waals surface area contributed by atoms with Crippen LogP contribution in [0.5, 0.6) is 0 Å². The average molecular weight is 144 g/mol. The molecule has 0 amide bonds.